The van der Waals surface area contributed by atoms with E-state index >= 15 is 0 Å². The van der Waals surface area contributed by atoms with Gasteiger partial charge in [0, 0.05) is 32.6 Å². The lowest BCUT2D eigenvalue weighted by Crippen LogP contribution is -2.42. The van der Waals surface area contributed by atoms with Crippen LogP contribution in [0, 0.1) is 10.8 Å². The zero-order valence-corrected chi connectivity index (χ0v) is 25.0. The molecule has 0 unspecified atom stereocenters. The van der Waals surface area contributed by atoms with Crippen LogP contribution in [0.3, 0.4) is 0 Å². The maximum Gasteiger partial charge on any atom is 0.112 e. The van der Waals surface area contributed by atoms with Crippen molar-refractivity contribution in [2.75, 3.05) is 10.7 Å². The van der Waals surface area contributed by atoms with Crippen molar-refractivity contribution in [1.82, 2.24) is 0 Å². The zero-order valence-electron chi connectivity index (χ0n) is 15.5. The molecule has 0 atom stereocenters. The molecule has 1 rings (SSSR count). The maximum atomic E-state index is 12.1. The highest BCUT2D eigenvalue weighted by atomic mass is 79.9. The van der Waals surface area contributed by atoms with Crippen molar-refractivity contribution in [3.63, 3.8) is 0 Å². The normalized spacial score (nSPS) is 13.5. The minimum absolute atomic E-state index is 0.237. The van der Waals surface area contributed by atoms with Gasteiger partial charge >= 0.3 is 0 Å². The zero-order chi connectivity index (χ0) is 22.3. The number of carboxylic acid groups (broad SMARTS) is 2. The Balaban J connectivity index is 4.20. The number of aromatic carboxylic acids is 2. The molecular formula is C18H18Br6O4-2. The molecular weight excluding hydrogens is 760 g/mol. The van der Waals surface area contributed by atoms with Gasteiger partial charge in [-0.25, -0.2) is 0 Å². The first kappa shape index (κ1) is 27.1. The van der Waals surface area contributed by atoms with E-state index in [-0.39, 0.29) is 5.56 Å². The highest BCUT2D eigenvalue weighted by Crippen LogP contribution is 2.61. The molecule has 1 aromatic carbocycles. The first-order valence-electron chi connectivity index (χ1n) is 7.97. The lowest BCUT2D eigenvalue weighted by atomic mass is 9.78. The first-order valence-corrected chi connectivity index (χ1v) is 13.4. The Morgan fingerprint density at radius 3 is 1.61 bits per heavy atom. The van der Waals surface area contributed by atoms with E-state index in [1.165, 1.54) is 6.07 Å². The Bertz CT molecular complexity index is 787. The van der Waals surface area contributed by atoms with Gasteiger partial charge in [-0.2, -0.15) is 0 Å². The fourth-order valence-corrected chi connectivity index (χ4v) is 6.83. The third-order valence-electron chi connectivity index (χ3n) is 4.65. The molecule has 0 N–H and O–H groups in total. The average molecular weight is 778 g/mol. The van der Waals surface area contributed by atoms with E-state index in [0.717, 1.165) is 0 Å². The van der Waals surface area contributed by atoms with Gasteiger partial charge in [0.2, 0.25) is 0 Å². The summed E-state index contributed by atoms with van der Waals surface area (Å²) in [5.41, 5.74) is -1.12. The number of hydrogen-bond acceptors (Lipinski definition) is 4. The van der Waals surface area contributed by atoms with E-state index in [9.17, 15) is 19.8 Å². The molecule has 4 nitrogen and oxygen atoms in total. The summed E-state index contributed by atoms with van der Waals surface area (Å²) < 4.78 is -2.00. The van der Waals surface area contributed by atoms with Crippen LogP contribution in [0.5, 0.6) is 0 Å². The highest BCUT2D eigenvalue weighted by Gasteiger charge is 2.50. The fourth-order valence-electron chi connectivity index (χ4n) is 2.44. The molecule has 0 aromatic heterocycles. The molecule has 0 spiro atoms. The average Bonchev–Trinajstić information content (AvgIpc) is 2.59. The molecule has 0 aliphatic rings. The van der Waals surface area contributed by atoms with Crippen LogP contribution < -0.4 is 10.2 Å². The van der Waals surface area contributed by atoms with Crippen LogP contribution in [0.25, 0.3) is 0 Å². The summed E-state index contributed by atoms with van der Waals surface area (Å²) in [6.45, 7) is 7.75. The molecule has 1 aromatic rings. The number of benzene rings is 1. The van der Waals surface area contributed by atoms with Crippen molar-refractivity contribution < 1.29 is 19.8 Å². The van der Waals surface area contributed by atoms with Crippen molar-refractivity contribution in [2.45, 2.75) is 34.2 Å². The summed E-state index contributed by atoms with van der Waals surface area (Å²) >= 11 is 21.6. The summed E-state index contributed by atoms with van der Waals surface area (Å²) in [7, 11) is 0. The molecule has 0 saturated heterocycles. The minimum Gasteiger partial charge on any atom is -0.545 e. The van der Waals surface area contributed by atoms with Gasteiger partial charge in [0.15, 0.2) is 0 Å². The van der Waals surface area contributed by atoms with Crippen molar-refractivity contribution in [1.29, 1.82) is 0 Å². The molecule has 0 aliphatic heterocycles. The SMILES string of the molecule is CC(C)(CBr)C(Br)(Br)c1ccc(C(=O)[O-])c(C(=O)[O-])c1C(Br)(Br)C(C)(C)CBr. The van der Waals surface area contributed by atoms with Crippen molar-refractivity contribution in [3.05, 3.63) is 34.4 Å². The second-order valence-corrected chi connectivity index (χ2v) is 15.7. The Hall–Kier alpha value is 1.04. The number of rotatable bonds is 8. The predicted octanol–water partition coefficient (Wildman–Crippen LogP) is 5.14. The van der Waals surface area contributed by atoms with Gasteiger partial charge in [0.25, 0.3) is 0 Å². The summed E-state index contributed by atoms with van der Waals surface area (Å²) in [4.78, 5) is 23.8. The second kappa shape index (κ2) is 9.27. The number of carboxylic acids is 2. The third-order valence-corrected chi connectivity index (χ3v) is 13.4. The van der Waals surface area contributed by atoms with Crippen molar-refractivity contribution in [3.8, 4) is 0 Å². The number of alkyl halides is 6. The Labute approximate surface area is 215 Å². The third kappa shape index (κ3) is 4.76. The van der Waals surface area contributed by atoms with Gasteiger partial charge in [0.05, 0.1) is 11.9 Å². The topological polar surface area (TPSA) is 80.3 Å². The van der Waals surface area contributed by atoms with E-state index in [0.29, 0.717) is 16.2 Å². The van der Waals surface area contributed by atoms with E-state index in [4.69, 9.17) is 0 Å². The molecule has 0 fully saturated rings. The molecule has 10 heteroatoms. The summed E-state index contributed by atoms with van der Waals surface area (Å²) in [6, 6.07) is 2.82. The lowest BCUT2D eigenvalue weighted by molar-refractivity contribution is -0.259. The van der Waals surface area contributed by atoms with Gasteiger partial charge in [-0.15, -0.1) is 0 Å². The van der Waals surface area contributed by atoms with Crippen LogP contribution in [0.1, 0.15) is 59.5 Å². The molecule has 0 radical (unpaired) electrons. The van der Waals surface area contributed by atoms with Gasteiger partial charge in [-0.1, -0.05) is 135 Å². The van der Waals surface area contributed by atoms with E-state index in [1.54, 1.807) is 6.07 Å². The number of hydrogen-bond donors (Lipinski definition) is 0. The van der Waals surface area contributed by atoms with Gasteiger partial charge < -0.3 is 19.8 Å². The maximum absolute atomic E-state index is 12.1. The van der Waals surface area contributed by atoms with Crippen LogP contribution in [-0.4, -0.2) is 22.6 Å². The van der Waals surface area contributed by atoms with E-state index in [1.807, 2.05) is 27.7 Å². The molecule has 0 amide bonds. The summed E-state index contributed by atoms with van der Waals surface area (Å²) in [6.07, 6.45) is 0. The van der Waals surface area contributed by atoms with Crippen LogP contribution in [0.4, 0.5) is 0 Å². The Morgan fingerprint density at radius 1 is 0.821 bits per heavy atom. The monoisotopic (exact) mass is 772 g/mol. The smallest absolute Gasteiger partial charge is 0.112 e. The molecule has 0 saturated carbocycles. The van der Waals surface area contributed by atoms with Crippen LogP contribution in [-0.2, 0) is 6.47 Å². The first-order chi connectivity index (χ1) is 12.5. The quantitative estimate of drug-likeness (QED) is 0.343. The second-order valence-electron chi connectivity index (χ2n) is 7.67. The van der Waals surface area contributed by atoms with Crippen molar-refractivity contribution in [2.24, 2.45) is 10.8 Å². The lowest BCUT2D eigenvalue weighted by Gasteiger charge is -2.45. The molecule has 0 bridgehead atoms. The van der Waals surface area contributed by atoms with E-state index < -0.39 is 40.4 Å². The van der Waals surface area contributed by atoms with Gasteiger partial charge in [-0.3, -0.25) is 0 Å². The number of halogens is 6. The van der Waals surface area contributed by atoms with Gasteiger partial charge in [-0.05, 0) is 11.1 Å². The predicted molar refractivity (Wildman–Crippen MR) is 129 cm³/mol. The number of carbonyl (C=O) groups is 2. The summed E-state index contributed by atoms with van der Waals surface area (Å²) in [5, 5.41) is 24.8. The largest absolute Gasteiger partial charge is 0.545 e. The standard InChI is InChI=1S/C18H20Br6O4/c1-15(2,7-19)17(21,22)10-6-5-9(13(25)26)11(14(27)28)12(10)18(23,24)16(3,4)8-20/h5-6H,7-8H2,1-4H3,(H,25,26)(H,27,28)/p-2. The molecule has 28 heavy (non-hydrogen) atoms. The highest BCUT2D eigenvalue weighted by molar-refractivity contribution is 9.25. The fraction of sp³-hybridized carbons (Fsp3) is 0.556. The van der Waals surface area contributed by atoms with Crippen molar-refractivity contribution >= 4 is 108 Å². The van der Waals surface area contributed by atoms with E-state index in [2.05, 4.69) is 95.6 Å². The van der Waals surface area contributed by atoms with Gasteiger partial charge in [0.1, 0.15) is 6.47 Å². The molecule has 158 valence electrons. The van der Waals surface area contributed by atoms with Crippen LogP contribution >= 0.6 is 95.6 Å². The Morgan fingerprint density at radius 2 is 1.25 bits per heavy atom. The molecule has 0 aliphatic carbocycles. The number of carbonyl (C=O) groups excluding carboxylic acids is 2. The Kier molecular flexibility index (Phi) is 8.96. The van der Waals surface area contributed by atoms with Crippen LogP contribution in [0.15, 0.2) is 12.1 Å². The minimum atomic E-state index is -1.60. The summed E-state index contributed by atoms with van der Waals surface area (Å²) in [5.74, 6) is -3.19. The van der Waals surface area contributed by atoms with Crippen LogP contribution in [0.2, 0.25) is 0 Å². The molecule has 0 heterocycles.